The number of carbonyl (C=O) groups is 2. The van der Waals surface area contributed by atoms with Crippen molar-refractivity contribution in [3.63, 3.8) is 0 Å². The van der Waals surface area contributed by atoms with E-state index in [4.69, 9.17) is 16.7 Å². The Kier molecular flexibility index (Phi) is 4.77. The molecule has 3 aromatic rings. The second-order valence-electron chi connectivity index (χ2n) is 5.83. The van der Waals surface area contributed by atoms with Crippen LogP contribution in [0.2, 0.25) is 5.02 Å². The summed E-state index contributed by atoms with van der Waals surface area (Å²) < 4.78 is 1.75. The Bertz CT molecular complexity index is 1070. The highest BCUT2D eigenvalue weighted by atomic mass is 35.5. The fourth-order valence-electron chi connectivity index (χ4n) is 2.63. The standard InChI is InChI=1S/C17H15ClN4O4/c1-22-7-12(20-8-22)5-14(23)19-6-10-3-11(18)2-9-4-13(17(25)26)16(24)21-15(9)10/h2-4,7-8H,5-6H2,1H3,(H,19,23)(H,21,24)(H,25,26). The predicted octanol–water partition coefficient (Wildman–Crippen LogP) is 1.47. The Balaban J connectivity index is 1.85. The molecule has 0 atom stereocenters. The minimum absolute atomic E-state index is 0.124. The van der Waals surface area contributed by atoms with E-state index in [-0.39, 0.29) is 24.4 Å². The number of carbonyl (C=O) groups excluding carboxylic acids is 1. The summed E-state index contributed by atoms with van der Waals surface area (Å²) in [6, 6.07) is 4.43. The summed E-state index contributed by atoms with van der Waals surface area (Å²) in [7, 11) is 1.81. The number of pyridine rings is 1. The number of aromatic amines is 1. The van der Waals surface area contributed by atoms with Gasteiger partial charge in [0.2, 0.25) is 5.91 Å². The summed E-state index contributed by atoms with van der Waals surface area (Å²) in [5.41, 5.74) is 0.567. The second-order valence-corrected chi connectivity index (χ2v) is 6.27. The number of fused-ring (bicyclic) bond motifs is 1. The van der Waals surface area contributed by atoms with Crippen LogP contribution in [0.1, 0.15) is 21.6 Å². The lowest BCUT2D eigenvalue weighted by Crippen LogP contribution is -2.25. The first-order chi connectivity index (χ1) is 12.3. The third-order valence-corrected chi connectivity index (χ3v) is 4.02. The molecule has 0 spiro atoms. The highest BCUT2D eigenvalue weighted by Gasteiger charge is 2.13. The van der Waals surface area contributed by atoms with Crippen molar-refractivity contribution in [1.29, 1.82) is 0 Å². The number of aromatic nitrogens is 3. The molecule has 0 unspecified atom stereocenters. The van der Waals surface area contributed by atoms with Crippen LogP contribution in [0.3, 0.4) is 0 Å². The molecule has 2 aromatic heterocycles. The van der Waals surface area contributed by atoms with Gasteiger partial charge in [-0.25, -0.2) is 9.78 Å². The van der Waals surface area contributed by atoms with Crippen molar-refractivity contribution < 1.29 is 14.7 Å². The quantitative estimate of drug-likeness (QED) is 0.625. The summed E-state index contributed by atoms with van der Waals surface area (Å²) in [5, 5.41) is 12.7. The van der Waals surface area contributed by atoms with Crippen LogP contribution in [-0.4, -0.2) is 31.5 Å². The van der Waals surface area contributed by atoms with Crippen LogP contribution in [0.5, 0.6) is 0 Å². The van der Waals surface area contributed by atoms with Gasteiger partial charge in [0, 0.05) is 30.2 Å². The van der Waals surface area contributed by atoms with Crippen LogP contribution in [0.4, 0.5) is 0 Å². The number of imidazole rings is 1. The molecule has 0 aliphatic heterocycles. The largest absolute Gasteiger partial charge is 0.477 e. The fourth-order valence-corrected chi connectivity index (χ4v) is 2.88. The van der Waals surface area contributed by atoms with Crippen LogP contribution in [0, 0.1) is 0 Å². The van der Waals surface area contributed by atoms with Crippen LogP contribution < -0.4 is 10.9 Å². The minimum atomic E-state index is -1.32. The van der Waals surface area contributed by atoms with Crippen molar-refractivity contribution in [2.75, 3.05) is 0 Å². The normalized spacial score (nSPS) is 10.8. The monoisotopic (exact) mass is 374 g/mol. The number of nitrogens with zero attached hydrogens (tertiary/aromatic N) is 2. The molecule has 0 bridgehead atoms. The van der Waals surface area contributed by atoms with Gasteiger partial charge in [-0.2, -0.15) is 0 Å². The number of aryl methyl sites for hydroxylation is 1. The van der Waals surface area contributed by atoms with E-state index in [2.05, 4.69) is 15.3 Å². The van der Waals surface area contributed by atoms with E-state index in [1.165, 1.54) is 6.07 Å². The van der Waals surface area contributed by atoms with Gasteiger partial charge in [0.05, 0.1) is 24.0 Å². The molecule has 2 heterocycles. The van der Waals surface area contributed by atoms with Crippen LogP contribution in [0.15, 0.2) is 35.5 Å². The van der Waals surface area contributed by atoms with Crippen molar-refractivity contribution in [3.05, 3.63) is 62.9 Å². The third kappa shape index (κ3) is 3.75. The predicted molar refractivity (Wildman–Crippen MR) is 95.3 cm³/mol. The average Bonchev–Trinajstić information content (AvgIpc) is 2.97. The number of nitrogens with one attached hydrogen (secondary N) is 2. The Morgan fingerprint density at radius 1 is 1.35 bits per heavy atom. The first-order valence-electron chi connectivity index (χ1n) is 7.66. The first-order valence-corrected chi connectivity index (χ1v) is 8.03. The van der Waals surface area contributed by atoms with Gasteiger partial charge in [-0.15, -0.1) is 0 Å². The van der Waals surface area contributed by atoms with Crippen molar-refractivity contribution in [2.45, 2.75) is 13.0 Å². The number of carboxylic acids is 1. The van der Waals surface area contributed by atoms with E-state index < -0.39 is 11.5 Å². The molecule has 0 aliphatic rings. The van der Waals surface area contributed by atoms with E-state index in [9.17, 15) is 14.4 Å². The van der Waals surface area contributed by atoms with Gasteiger partial charge in [0.1, 0.15) is 5.56 Å². The highest BCUT2D eigenvalue weighted by Crippen LogP contribution is 2.22. The second kappa shape index (κ2) is 7.01. The number of amides is 1. The Hall–Kier alpha value is -3.13. The Morgan fingerprint density at radius 2 is 2.12 bits per heavy atom. The minimum Gasteiger partial charge on any atom is -0.477 e. The molecular formula is C17H15ClN4O4. The number of rotatable bonds is 5. The van der Waals surface area contributed by atoms with Crippen LogP contribution >= 0.6 is 11.6 Å². The lowest BCUT2D eigenvalue weighted by Gasteiger charge is -2.09. The number of benzene rings is 1. The molecule has 1 aromatic carbocycles. The van der Waals surface area contributed by atoms with Gasteiger partial charge in [0.15, 0.2) is 0 Å². The lowest BCUT2D eigenvalue weighted by molar-refractivity contribution is -0.120. The molecule has 3 N–H and O–H groups in total. The number of halogens is 1. The molecule has 3 rings (SSSR count). The number of carboxylic acid groups (broad SMARTS) is 1. The number of H-pyrrole nitrogens is 1. The smallest absolute Gasteiger partial charge is 0.341 e. The Morgan fingerprint density at radius 3 is 2.77 bits per heavy atom. The topological polar surface area (TPSA) is 117 Å². The summed E-state index contributed by atoms with van der Waals surface area (Å²) in [6.07, 6.45) is 3.48. The maximum Gasteiger partial charge on any atom is 0.341 e. The molecule has 8 nitrogen and oxygen atoms in total. The average molecular weight is 375 g/mol. The number of hydrogen-bond donors (Lipinski definition) is 3. The molecule has 0 saturated heterocycles. The number of aromatic carboxylic acids is 1. The Labute approximate surface area is 152 Å². The third-order valence-electron chi connectivity index (χ3n) is 3.80. The van der Waals surface area contributed by atoms with Crippen molar-refractivity contribution in [1.82, 2.24) is 19.9 Å². The van der Waals surface area contributed by atoms with Gasteiger partial charge in [-0.1, -0.05) is 11.6 Å². The van der Waals surface area contributed by atoms with Crippen molar-refractivity contribution in [3.8, 4) is 0 Å². The zero-order valence-electron chi connectivity index (χ0n) is 13.7. The van der Waals surface area contributed by atoms with Crippen LogP contribution in [0.25, 0.3) is 10.9 Å². The summed E-state index contributed by atoms with van der Waals surface area (Å²) >= 11 is 6.08. The van der Waals surface area contributed by atoms with Crippen LogP contribution in [-0.2, 0) is 24.8 Å². The molecule has 0 aliphatic carbocycles. The molecular weight excluding hydrogens is 360 g/mol. The number of hydrogen-bond acceptors (Lipinski definition) is 4. The summed E-state index contributed by atoms with van der Waals surface area (Å²) in [6.45, 7) is 0.130. The van der Waals surface area contributed by atoms with Gasteiger partial charge in [-0.05, 0) is 23.8 Å². The van der Waals surface area contributed by atoms with E-state index in [0.717, 1.165) is 0 Å². The van der Waals surface area contributed by atoms with Gasteiger partial charge >= 0.3 is 5.97 Å². The zero-order chi connectivity index (χ0) is 18.8. The molecule has 26 heavy (non-hydrogen) atoms. The van der Waals surface area contributed by atoms with E-state index in [1.807, 2.05) is 7.05 Å². The molecule has 1 amide bonds. The van der Waals surface area contributed by atoms with Gasteiger partial charge < -0.3 is 20.0 Å². The van der Waals surface area contributed by atoms with Gasteiger partial charge in [0.25, 0.3) is 5.56 Å². The van der Waals surface area contributed by atoms with E-state index in [0.29, 0.717) is 27.2 Å². The highest BCUT2D eigenvalue weighted by molar-refractivity contribution is 6.31. The summed E-state index contributed by atoms with van der Waals surface area (Å²) in [5.74, 6) is -1.56. The van der Waals surface area contributed by atoms with Crippen molar-refractivity contribution in [2.24, 2.45) is 7.05 Å². The lowest BCUT2D eigenvalue weighted by atomic mass is 10.1. The fraction of sp³-hybridized carbons (Fsp3) is 0.176. The van der Waals surface area contributed by atoms with Gasteiger partial charge in [-0.3, -0.25) is 9.59 Å². The van der Waals surface area contributed by atoms with E-state index >= 15 is 0 Å². The first kappa shape index (κ1) is 17.7. The molecule has 0 saturated carbocycles. The van der Waals surface area contributed by atoms with Crippen molar-refractivity contribution >= 4 is 34.4 Å². The van der Waals surface area contributed by atoms with E-state index in [1.54, 1.807) is 29.2 Å². The SMILES string of the molecule is Cn1cnc(CC(=O)NCc2cc(Cl)cc3cc(C(=O)O)c(=O)[nH]c23)c1. The molecule has 0 fully saturated rings. The maximum atomic E-state index is 12.1. The zero-order valence-corrected chi connectivity index (χ0v) is 14.5. The maximum absolute atomic E-state index is 12.1. The molecule has 9 heteroatoms. The molecule has 0 radical (unpaired) electrons. The summed E-state index contributed by atoms with van der Waals surface area (Å²) in [4.78, 5) is 41.8. The molecule has 134 valence electrons.